The number of benzene rings is 2. The molecule has 0 nitrogen and oxygen atoms in total. The minimum Gasteiger partial charge on any atom is -0.126 e. The molecule has 0 unspecified atom stereocenters. The second-order valence-corrected chi connectivity index (χ2v) is 7.26. The Morgan fingerprint density at radius 2 is 1.52 bits per heavy atom. The Kier molecular flexibility index (Phi) is 6.28. The predicted molar refractivity (Wildman–Crippen MR) is 97.4 cm³/mol. The normalized spacial score (nSPS) is 11.7. The summed E-state index contributed by atoms with van der Waals surface area (Å²) in [4.78, 5) is 0. The van der Waals surface area contributed by atoms with E-state index in [0.717, 1.165) is 15.6 Å². The summed E-state index contributed by atoms with van der Waals surface area (Å²) in [6.07, 6.45) is 0.664. The lowest BCUT2D eigenvalue weighted by atomic mass is 9.79. The van der Waals surface area contributed by atoms with E-state index >= 15 is 0 Å². The first-order chi connectivity index (χ1) is 10.0. The summed E-state index contributed by atoms with van der Waals surface area (Å²) in [6, 6.07) is 13.6. The first-order valence-electron chi connectivity index (χ1n) is 6.33. The van der Waals surface area contributed by atoms with Gasteiger partial charge in [-0.2, -0.15) is 0 Å². The van der Waals surface area contributed by atoms with Gasteiger partial charge >= 0.3 is 0 Å². The molecule has 0 fully saturated rings. The Balaban J connectivity index is 2.40. The molecule has 0 aliphatic carbocycles. The summed E-state index contributed by atoms with van der Waals surface area (Å²) < 4.78 is 1.02. The summed E-state index contributed by atoms with van der Waals surface area (Å²) in [5.41, 5.74) is 1.73. The van der Waals surface area contributed by atoms with Crippen LogP contribution in [0.4, 0.5) is 0 Å². The highest BCUT2D eigenvalue weighted by atomic mass is 79.9. The molecule has 0 aromatic heterocycles. The van der Waals surface area contributed by atoms with Crippen molar-refractivity contribution in [3.63, 3.8) is 0 Å². The van der Waals surface area contributed by atoms with Crippen molar-refractivity contribution < 1.29 is 0 Å². The molecule has 0 heterocycles. The fourth-order valence-corrected chi connectivity index (χ4v) is 3.74. The zero-order valence-electron chi connectivity index (χ0n) is 11.1. The minimum atomic E-state index is -0.360. The fraction of sp³-hybridized carbons (Fsp3) is 0.250. The van der Waals surface area contributed by atoms with Crippen LogP contribution in [0.5, 0.6) is 0 Å². The molecule has 0 saturated heterocycles. The third kappa shape index (κ3) is 4.09. The van der Waals surface area contributed by atoms with Crippen LogP contribution in [0.25, 0.3) is 0 Å². The second kappa shape index (κ2) is 7.57. The maximum Gasteiger partial charge on any atom is 0.0453 e. The molecule has 0 amide bonds. The molecule has 0 aliphatic heterocycles. The molecule has 112 valence electrons. The number of alkyl halides is 2. The van der Waals surface area contributed by atoms with Crippen LogP contribution in [0.15, 0.2) is 46.9 Å². The van der Waals surface area contributed by atoms with Crippen molar-refractivity contribution in [3.05, 3.63) is 68.1 Å². The molecule has 2 rings (SSSR count). The van der Waals surface area contributed by atoms with Crippen molar-refractivity contribution in [3.8, 4) is 0 Å². The van der Waals surface area contributed by atoms with E-state index in [1.54, 1.807) is 6.07 Å². The second-order valence-electron chi connectivity index (χ2n) is 4.97. The number of rotatable bonds is 5. The Bertz CT molecular complexity index is 606. The average molecular weight is 427 g/mol. The van der Waals surface area contributed by atoms with Gasteiger partial charge in [0.2, 0.25) is 0 Å². The van der Waals surface area contributed by atoms with E-state index in [4.69, 9.17) is 46.4 Å². The standard InChI is InChI=1S/C16H13BrCl4/c17-13-4-2-12(3-5-13)16(9-18,10-19)8-11-1-6-14(20)7-15(11)21/h1-7H,8-10H2. The number of hydrogen-bond donors (Lipinski definition) is 0. The van der Waals surface area contributed by atoms with Gasteiger partial charge in [-0.05, 0) is 41.8 Å². The van der Waals surface area contributed by atoms with Gasteiger partial charge in [0.1, 0.15) is 0 Å². The Labute approximate surface area is 153 Å². The van der Waals surface area contributed by atoms with Crippen molar-refractivity contribution in [2.45, 2.75) is 11.8 Å². The minimum absolute atomic E-state index is 0.360. The maximum absolute atomic E-state index is 6.28. The molecular formula is C16H13BrCl4. The lowest BCUT2D eigenvalue weighted by Gasteiger charge is -2.31. The molecule has 0 radical (unpaired) electrons. The molecule has 2 aromatic carbocycles. The molecule has 0 aliphatic rings. The van der Waals surface area contributed by atoms with Gasteiger partial charge in [0.15, 0.2) is 0 Å². The van der Waals surface area contributed by atoms with E-state index in [1.165, 1.54) is 0 Å². The van der Waals surface area contributed by atoms with Crippen molar-refractivity contribution in [2.75, 3.05) is 11.8 Å². The van der Waals surface area contributed by atoms with Gasteiger partial charge in [-0.15, -0.1) is 23.2 Å². The highest BCUT2D eigenvalue weighted by molar-refractivity contribution is 9.10. The van der Waals surface area contributed by atoms with Gasteiger partial charge in [-0.1, -0.05) is 57.3 Å². The lowest BCUT2D eigenvalue weighted by molar-refractivity contribution is 0.536. The first-order valence-corrected chi connectivity index (χ1v) is 8.94. The van der Waals surface area contributed by atoms with E-state index < -0.39 is 0 Å². The Morgan fingerprint density at radius 1 is 0.905 bits per heavy atom. The maximum atomic E-state index is 6.28. The molecule has 5 heteroatoms. The van der Waals surface area contributed by atoms with E-state index in [1.807, 2.05) is 36.4 Å². The van der Waals surface area contributed by atoms with Gasteiger partial charge in [0.05, 0.1) is 0 Å². The van der Waals surface area contributed by atoms with E-state index in [-0.39, 0.29) is 5.41 Å². The molecule has 0 atom stereocenters. The van der Waals surface area contributed by atoms with Gasteiger partial charge < -0.3 is 0 Å². The molecular weight excluding hydrogens is 414 g/mol. The number of halogens is 5. The zero-order chi connectivity index (χ0) is 15.5. The van der Waals surface area contributed by atoms with Crippen LogP contribution in [-0.4, -0.2) is 11.8 Å². The third-order valence-electron chi connectivity index (χ3n) is 3.51. The summed E-state index contributed by atoms with van der Waals surface area (Å²) in [5, 5.41) is 1.26. The molecule has 0 spiro atoms. The molecule has 0 N–H and O–H groups in total. The fourth-order valence-electron chi connectivity index (χ4n) is 2.22. The SMILES string of the molecule is ClCC(CCl)(Cc1ccc(Cl)cc1Cl)c1ccc(Br)cc1. The van der Waals surface area contributed by atoms with Crippen molar-refractivity contribution in [2.24, 2.45) is 0 Å². The quantitative estimate of drug-likeness (QED) is 0.466. The highest BCUT2D eigenvalue weighted by Gasteiger charge is 2.31. The molecule has 0 saturated carbocycles. The van der Waals surface area contributed by atoms with Gasteiger partial charge in [-0.25, -0.2) is 0 Å². The lowest BCUT2D eigenvalue weighted by Crippen LogP contribution is -2.33. The van der Waals surface area contributed by atoms with Gasteiger partial charge in [-0.3, -0.25) is 0 Å². The van der Waals surface area contributed by atoms with E-state index in [9.17, 15) is 0 Å². The van der Waals surface area contributed by atoms with Crippen LogP contribution < -0.4 is 0 Å². The van der Waals surface area contributed by atoms with Crippen LogP contribution in [0.2, 0.25) is 10.0 Å². The molecule has 2 aromatic rings. The highest BCUT2D eigenvalue weighted by Crippen LogP contribution is 2.35. The van der Waals surface area contributed by atoms with Gasteiger partial charge in [0.25, 0.3) is 0 Å². The Hall–Kier alpha value is 0.0800. The van der Waals surface area contributed by atoms with Crippen LogP contribution >= 0.6 is 62.3 Å². The van der Waals surface area contributed by atoms with Crippen LogP contribution in [0.3, 0.4) is 0 Å². The summed E-state index contributed by atoms with van der Waals surface area (Å²) in [7, 11) is 0. The van der Waals surface area contributed by atoms with Crippen molar-refractivity contribution in [1.82, 2.24) is 0 Å². The molecule has 21 heavy (non-hydrogen) atoms. The third-order valence-corrected chi connectivity index (χ3v) is 5.65. The van der Waals surface area contributed by atoms with Crippen LogP contribution in [0.1, 0.15) is 11.1 Å². The largest absolute Gasteiger partial charge is 0.126 e. The Morgan fingerprint density at radius 3 is 2.05 bits per heavy atom. The summed E-state index contributed by atoms with van der Waals surface area (Å²) in [6.45, 7) is 0. The van der Waals surface area contributed by atoms with Gasteiger partial charge in [0, 0.05) is 31.7 Å². The first kappa shape index (κ1) is 17.4. The summed E-state index contributed by atoms with van der Waals surface area (Å²) >= 11 is 28.2. The monoisotopic (exact) mass is 424 g/mol. The topological polar surface area (TPSA) is 0 Å². The van der Waals surface area contributed by atoms with E-state index in [0.29, 0.717) is 28.2 Å². The van der Waals surface area contributed by atoms with Crippen molar-refractivity contribution >= 4 is 62.3 Å². The zero-order valence-corrected chi connectivity index (χ0v) is 15.7. The van der Waals surface area contributed by atoms with E-state index in [2.05, 4.69) is 15.9 Å². The predicted octanol–water partition coefficient (Wildman–Crippen LogP) is 6.71. The van der Waals surface area contributed by atoms with Crippen LogP contribution in [-0.2, 0) is 11.8 Å². The van der Waals surface area contributed by atoms with Crippen LogP contribution in [0, 0.1) is 0 Å². The number of hydrogen-bond acceptors (Lipinski definition) is 0. The summed E-state index contributed by atoms with van der Waals surface area (Å²) in [5.74, 6) is 0.828. The van der Waals surface area contributed by atoms with Crippen molar-refractivity contribution in [1.29, 1.82) is 0 Å². The average Bonchev–Trinajstić information content (AvgIpc) is 2.48. The smallest absolute Gasteiger partial charge is 0.0453 e. The molecule has 0 bridgehead atoms.